The molecule has 4 unspecified atom stereocenters. The van der Waals surface area contributed by atoms with Gasteiger partial charge in [0.2, 0.25) is 23.6 Å². The largest absolute Gasteiger partial charge is 0.480 e. The number of guanidine groups is 1. The fraction of sp³-hybridized carbons (Fsp3) is 0.700. The van der Waals surface area contributed by atoms with E-state index < -0.39 is 60.2 Å². The highest BCUT2D eigenvalue weighted by atomic mass is 16.4. The minimum atomic E-state index is -1.24. The van der Waals surface area contributed by atoms with Crippen molar-refractivity contribution in [3.05, 3.63) is 0 Å². The molecule has 34 heavy (non-hydrogen) atoms. The van der Waals surface area contributed by atoms with Crippen molar-refractivity contribution in [1.29, 1.82) is 0 Å². The van der Waals surface area contributed by atoms with Crippen LogP contribution in [0.3, 0.4) is 0 Å². The molecule has 1 aliphatic rings. The molecule has 1 fully saturated rings. The number of carboxylic acids is 1. The van der Waals surface area contributed by atoms with E-state index in [1.165, 1.54) is 4.90 Å². The molecule has 1 aliphatic heterocycles. The van der Waals surface area contributed by atoms with E-state index in [0.717, 1.165) is 0 Å². The van der Waals surface area contributed by atoms with Crippen LogP contribution in [0.1, 0.15) is 46.0 Å². The number of nitrogens with one attached hydrogen (secondary N) is 2. The lowest BCUT2D eigenvalue weighted by Gasteiger charge is -2.30. The lowest BCUT2D eigenvalue weighted by Crippen LogP contribution is -2.57. The Kier molecular flexibility index (Phi) is 11.2. The van der Waals surface area contributed by atoms with Crippen LogP contribution in [-0.2, 0) is 24.0 Å². The first kappa shape index (κ1) is 28.6. The van der Waals surface area contributed by atoms with E-state index in [1.54, 1.807) is 13.8 Å². The Morgan fingerprint density at radius 1 is 1.12 bits per heavy atom. The molecule has 4 atom stereocenters. The molecule has 0 aromatic heterocycles. The second kappa shape index (κ2) is 13.3. The number of carbonyl (C=O) groups excluding carboxylic acids is 4. The van der Waals surface area contributed by atoms with Crippen molar-refractivity contribution in [1.82, 2.24) is 15.5 Å². The lowest BCUT2D eigenvalue weighted by molar-refractivity contribution is -0.145. The van der Waals surface area contributed by atoms with Gasteiger partial charge in [0.15, 0.2) is 5.96 Å². The number of rotatable bonds is 13. The Labute approximate surface area is 197 Å². The molecule has 0 bridgehead atoms. The number of nitrogens with two attached hydrogens (primary N) is 4. The highest BCUT2D eigenvalue weighted by molar-refractivity contribution is 5.95. The number of amides is 4. The molecule has 0 radical (unpaired) electrons. The zero-order valence-electron chi connectivity index (χ0n) is 19.5. The molecule has 192 valence electrons. The van der Waals surface area contributed by atoms with Gasteiger partial charge in [-0.2, -0.15) is 0 Å². The fourth-order valence-corrected chi connectivity index (χ4v) is 3.62. The smallest absolute Gasteiger partial charge is 0.326 e. The summed E-state index contributed by atoms with van der Waals surface area (Å²) >= 11 is 0. The van der Waals surface area contributed by atoms with E-state index in [9.17, 15) is 29.1 Å². The summed E-state index contributed by atoms with van der Waals surface area (Å²) in [6, 6.07) is -4.30. The molecule has 1 saturated heterocycles. The predicted molar refractivity (Wildman–Crippen MR) is 123 cm³/mol. The Balaban J connectivity index is 3.00. The van der Waals surface area contributed by atoms with Gasteiger partial charge in [0, 0.05) is 13.1 Å². The van der Waals surface area contributed by atoms with Gasteiger partial charge in [-0.25, -0.2) is 4.79 Å². The number of aliphatic carboxylic acids is 1. The molecule has 4 amide bonds. The van der Waals surface area contributed by atoms with Crippen molar-refractivity contribution >= 4 is 35.6 Å². The van der Waals surface area contributed by atoms with Crippen LogP contribution in [-0.4, -0.2) is 82.8 Å². The zero-order chi connectivity index (χ0) is 26.0. The molecule has 11 N–H and O–H groups in total. The van der Waals surface area contributed by atoms with Gasteiger partial charge in [-0.3, -0.25) is 24.2 Å². The average molecular weight is 485 g/mol. The molecule has 14 nitrogen and oxygen atoms in total. The van der Waals surface area contributed by atoms with E-state index >= 15 is 0 Å². The maximum Gasteiger partial charge on any atom is 0.326 e. The third kappa shape index (κ3) is 8.84. The first-order valence-corrected chi connectivity index (χ1v) is 11.1. The van der Waals surface area contributed by atoms with E-state index in [0.29, 0.717) is 19.3 Å². The fourth-order valence-electron chi connectivity index (χ4n) is 3.62. The monoisotopic (exact) mass is 484 g/mol. The quantitative estimate of drug-likeness (QED) is 0.0795. The highest BCUT2D eigenvalue weighted by Gasteiger charge is 2.39. The van der Waals surface area contributed by atoms with Gasteiger partial charge in [0.05, 0.1) is 12.5 Å². The second-order valence-corrected chi connectivity index (χ2v) is 8.55. The van der Waals surface area contributed by atoms with E-state index in [4.69, 9.17) is 22.9 Å². The molecule has 0 saturated carbocycles. The zero-order valence-corrected chi connectivity index (χ0v) is 19.5. The van der Waals surface area contributed by atoms with E-state index in [2.05, 4.69) is 15.6 Å². The Morgan fingerprint density at radius 2 is 1.76 bits per heavy atom. The summed E-state index contributed by atoms with van der Waals surface area (Å²) in [6.45, 7) is 3.78. The molecule has 0 aliphatic carbocycles. The molecule has 0 aromatic rings. The molecular weight excluding hydrogens is 448 g/mol. The summed E-state index contributed by atoms with van der Waals surface area (Å²) in [7, 11) is 0. The van der Waals surface area contributed by atoms with Gasteiger partial charge in [0.25, 0.3) is 0 Å². The maximum atomic E-state index is 13.3. The van der Waals surface area contributed by atoms with Gasteiger partial charge >= 0.3 is 5.97 Å². The molecule has 0 aromatic carbocycles. The minimum Gasteiger partial charge on any atom is -0.480 e. The summed E-state index contributed by atoms with van der Waals surface area (Å²) in [5.41, 5.74) is 21.4. The lowest BCUT2D eigenvalue weighted by atomic mass is 10.0. The molecule has 1 rings (SSSR count). The summed E-state index contributed by atoms with van der Waals surface area (Å²) in [6.07, 6.45) is 0.941. The number of hydrogen-bond acceptors (Lipinski definition) is 7. The number of carbonyl (C=O) groups is 5. The summed E-state index contributed by atoms with van der Waals surface area (Å²) in [4.78, 5) is 66.3. The number of nitrogens with zero attached hydrogens (tertiary/aromatic N) is 2. The summed E-state index contributed by atoms with van der Waals surface area (Å²) in [5.74, 6) is -4.28. The normalized spacial score (nSPS) is 18.0. The van der Waals surface area contributed by atoms with Crippen LogP contribution in [0.25, 0.3) is 0 Å². The van der Waals surface area contributed by atoms with Crippen LogP contribution >= 0.6 is 0 Å². The van der Waals surface area contributed by atoms with Crippen LogP contribution in [0.2, 0.25) is 0 Å². The van der Waals surface area contributed by atoms with Gasteiger partial charge in [0.1, 0.15) is 18.1 Å². The third-order valence-corrected chi connectivity index (χ3v) is 5.39. The predicted octanol–water partition coefficient (Wildman–Crippen LogP) is -3.06. The Hall–Kier alpha value is -3.42. The second-order valence-electron chi connectivity index (χ2n) is 8.55. The number of hydrogen-bond donors (Lipinski definition) is 7. The Bertz CT molecular complexity index is 798. The average Bonchev–Trinajstić information content (AvgIpc) is 3.22. The van der Waals surface area contributed by atoms with Gasteiger partial charge in [-0.15, -0.1) is 0 Å². The van der Waals surface area contributed by atoms with Crippen molar-refractivity contribution in [2.75, 3.05) is 13.1 Å². The first-order valence-electron chi connectivity index (χ1n) is 11.1. The molecule has 14 heteroatoms. The van der Waals surface area contributed by atoms with Crippen molar-refractivity contribution in [2.24, 2.45) is 33.8 Å². The Morgan fingerprint density at radius 3 is 2.29 bits per heavy atom. The van der Waals surface area contributed by atoms with E-state index in [1.807, 2.05) is 0 Å². The van der Waals surface area contributed by atoms with Gasteiger partial charge in [-0.1, -0.05) is 13.8 Å². The van der Waals surface area contributed by atoms with Crippen LogP contribution in [0.15, 0.2) is 4.99 Å². The topological polar surface area (TPSA) is 249 Å². The molecular formula is C20H36N8O6. The van der Waals surface area contributed by atoms with Gasteiger partial charge < -0.3 is 43.6 Å². The standard InChI is InChI=1S/C20H36N8O6/c1-10(2)15(19(33)34)27-17(31)13-6-4-8-28(13)18(32)12(5-3-7-25-20(23)24)26-16(30)11(21)9-14(22)29/h10-13,15H,3-9,21H2,1-2H3,(H2,22,29)(H,26,30)(H,27,31)(H,33,34)(H4,23,24,25). The number of primary amides is 1. The van der Waals surface area contributed by atoms with Crippen molar-refractivity contribution in [2.45, 2.75) is 70.1 Å². The van der Waals surface area contributed by atoms with Crippen molar-refractivity contribution in [3.63, 3.8) is 0 Å². The third-order valence-electron chi connectivity index (χ3n) is 5.39. The van der Waals surface area contributed by atoms with Crippen LogP contribution in [0, 0.1) is 5.92 Å². The minimum absolute atomic E-state index is 0.121. The van der Waals surface area contributed by atoms with Crippen LogP contribution in [0.5, 0.6) is 0 Å². The maximum absolute atomic E-state index is 13.3. The van der Waals surface area contributed by atoms with E-state index in [-0.39, 0.29) is 31.4 Å². The van der Waals surface area contributed by atoms with Crippen LogP contribution < -0.4 is 33.6 Å². The summed E-state index contributed by atoms with van der Waals surface area (Å²) < 4.78 is 0. The first-order chi connectivity index (χ1) is 15.8. The van der Waals surface area contributed by atoms with Crippen molar-refractivity contribution < 1.29 is 29.1 Å². The summed E-state index contributed by atoms with van der Waals surface area (Å²) in [5, 5.41) is 14.4. The SMILES string of the molecule is CC(C)C(NC(=O)C1CCCN1C(=O)C(CCCN=C(N)N)NC(=O)C(N)CC(N)=O)C(=O)O. The number of carboxylic acid groups (broad SMARTS) is 1. The van der Waals surface area contributed by atoms with Crippen LogP contribution in [0.4, 0.5) is 0 Å². The van der Waals surface area contributed by atoms with Gasteiger partial charge in [-0.05, 0) is 31.6 Å². The van der Waals surface area contributed by atoms with Crippen molar-refractivity contribution in [3.8, 4) is 0 Å². The highest BCUT2D eigenvalue weighted by Crippen LogP contribution is 2.20. The number of aliphatic imine (C=N–C) groups is 1. The molecule has 0 spiro atoms. The number of likely N-dealkylation sites (tertiary alicyclic amines) is 1. The molecule has 1 heterocycles.